The molecule has 0 bridgehead atoms. The third-order valence-corrected chi connectivity index (χ3v) is 4.07. The van der Waals surface area contributed by atoms with Crippen molar-refractivity contribution in [3.8, 4) is 5.75 Å². The molecule has 2 heterocycles. The second kappa shape index (κ2) is 11.4. The summed E-state index contributed by atoms with van der Waals surface area (Å²) >= 11 is 0. The van der Waals surface area contributed by atoms with Crippen molar-refractivity contribution in [2.24, 2.45) is 4.99 Å². The SMILES string of the molecule is CN=C(NCCCn1ccc2ccccc21)NCCOc1cccnc1.I. The highest BCUT2D eigenvalue weighted by Gasteiger charge is 2.01. The van der Waals surface area contributed by atoms with Gasteiger partial charge in [-0.05, 0) is 36.1 Å². The van der Waals surface area contributed by atoms with Crippen LogP contribution in [0.25, 0.3) is 10.9 Å². The molecule has 2 aromatic heterocycles. The van der Waals surface area contributed by atoms with E-state index in [0.29, 0.717) is 13.2 Å². The molecular formula is C20H26IN5O. The lowest BCUT2D eigenvalue weighted by Crippen LogP contribution is -2.39. The number of rotatable bonds is 8. The van der Waals surface area contributed by atoms with E-state index in [1.807, 2.05) is 12.1 Å². The number of nitrogens with zero attached hydrogens (tertiary/aromatic N) is 3. The molecule has 0 spiro atoms. The van der Waals surface area contributed by atoms with Crippen LogP contribution >= 0.6 is 24.0 Å². The normalized spacial score (nSPS) is 11.1. The fourth-order valence-electron chi connectivity index (χ4n) is 2.78. The second-order valence-corrected chi connectivity index (χ2v) is 5.88. The van der Waals surface area contributed by atoms with Crippen LogP contribution in [0.2, 0.25) is 0 Å². The molecule has 0 fully saturated rings. The molecule has 0 amide bonds. The van der Waals surface area contributed by atoms with Crippen molar-refractivity contribution in [1.82, 2.24) is 20.2 Å². The number of ether oxygens (including phenoxy) is 1. The summed E-state index contributed by atoms with van der Waals surface area (Å²) in [6.45, 7) is 3.07. The average Bonchev–Trinajstić information content (AvgIpc) is 3.11. The van der Waals surface area contributed by atoms with Crippen molar-refractivity contribution in [1.29, 1.82) is 0 Å². The molecule has 0 saturated carbocycles. The van der Waals surface area contributed by atoms with Gasteiger partial charge in [0, 0.05) is 38.0 Å². The molecule has 0 aliphatic heterocycles. The van der Waals surface area contributed by atoms with E-state index in [4.69, 9.17) is 4.74 Å². The summed E-state index contributed by atoms with van der Waals surface area (Å²) in [5.41, 5.74) is 1.28. The number of fused-ring (bicyclic) bond motifs is 1. The van der Waals surface area contributed by atoms with Crippen LogP contribution in [0.4, 0.5) is 0 Å². The maximum Gasteiger partial charge on any atom is 0.191 e. The summed E-state index contributed by atoms with van der Waals surface area (Å²) in [6.07, 6.45) is 6.60. The summed E-state index contributed by atoms with van der Waals surface area (Å²) in [5, 5.41) is 7.87. The molecule has 6 nitrogen and oxygen atoms in total. The number of pyridine rings is 1. The van der Waals surface area contributed by atoms with E-state index in [-0.39, 0.29) is 24.0 Å². The van der Waals surface area contributed by atoms with E-state index in [9.17, 15) is 0 Å². The van der Waals surface area contributed by atoms with Crippen molar-refractivity contribution in [2.75, 3.05) is 26.7 Å². The van der Waals surface area contributed by atoms with E-state index < -0.39 is 0 Å². The van der Waals surface area contributed by atoms with Gasteiger partial charge >= 0.3 is 0 Å². The van der Waals surface area contributed by atoms with Crippen LogP contribution in [0.3, 0.4) is 0 Å². The van der Waals surface area contributed by atoms with Crippen LogP contribution in [0, 0.1) is 0 Å². The first kappa shape index (κ1) is 21.0. The zero-order valence-electron chi connectivity index (χ0n) is 15.5. The van der Waals surface area contributed by atoms with Crippen molar-refractivity contribution in [3.05, 3.63) is 61.1 Å². The van der Waals surface area contributed by atoms with Gasteiger partial charge in [0.1, 0.15) is 12.4 Å². The Bertz CT molecular complexity index is 835. The molecule has 3 rings (SSSR count). The molecule has 0 radical (unpaired) electrons. The van der Waals surface area contributed by atoms with Crippen LogP contribution in [0.1, 0.15) is 6.42 Å². The molecule has 0 aliphatic carbocycles. The number of benzene rings is 1. The first-order chi connectivity index (χ1) is 12.9. The van der Waals surface area contributed by atoms with Crippen LogP contribution in [0.15, 0.2) is 66.0 Å². The Morgan fingerprint density at radius 2 is 1.96 bits per heavy atom. The number of aryl methyl sites for hydroxylation is 1. The lowest BCUT2D eigenvalue weighted by Gasteiger charge is -2.13. The average molecular weight is 479 g/mol. The predicted octanol–water partition coefficient (Wildman–Crippen LogP) is 3.29. The highest BCUT2D eigenvalue weighted by Crippen LogP contribution is 2.15. The number of aliphatic imine (C=N–C) groups is 1. The largest absolute Gasteiger partial charge is 0.490 e. The summed E-state index contributed by atoms with van der Waals surface area (Å²) < 4.78 is 7.89. The topological polar surface area (TPSA) is 63.5 Å². The maximum absolute atomic E-state index is 5.61. The van der Waals surface area contributed by atoms with E-state index >= 15 is 0 Å². The Balaban J connectivity index is 0.00000261. The number of aromatic nitrogens is 2. The minimum absolute atomic E-state index is 0. The van der Waals surface area contributed by atoms with Gasteiger partial charge in [0.05, 0.1) is 12.7 Å². The van der Waals surface area contributed by atoms with E-state index in [2.05, 4.69) is 61.7 Å². The Hall–Kier alpha value is -2.29. The molecule has 0 saturated heterocycles. The molecular weight excluding hydrogens is 453 g/mol. The fraction of sp³-hybridized carbons (Fsp3) is 0.300. The lowest BCUT2D eigenvalue weighted by atomic mass is 10.2. The Kier molecular flexibility index (Phi) is 8.90. The Morgan fingerprint density at radius 3 is 2.78 bits per heavy atom. The number of para-hydroxylation sites is 1. The maximum atomic E-state index is 5.61. The van der Waals surface area contributed by atoms with Crippen molar-refractivity contribution >= 4 is 40.8 Å². The molecule has 1 aromatic carbocycles. The predicted molar refractivity (Wildman–Crippen MR) is 121 cm³/mol. The third-order valence-electron chi connectivity index (χ3n) is 4.07. The molecule has 7 heteroatoms. The van der Waals surface area contributed by atoms with Gasteiger partial charge in [-0.3, -0.25) is 9.98 Å². The summed E-state index contributed by atoms with van der Waals surface area (Å²) in [6, 6.07) is 14.4. The quantitative estimate of drug-likeness (QED) is 0.225. The highest BCUT2D eigenvalue weighted by atomic mass is 127. The van der Waals surface area contributed by atoms with Crippen LogP contribution in [-0.4, -0.2) is 42.3 Å². The number of hydrogen-bond donors (Lipinski definition) is 2. The van der Waals surface area contributed by atoms with E-state index in [1.165, 1.54) is 10.9 Å². The number of halogens is 1. The van der Waals surface area contributed by atoms with Crippen molar-refractivity contribution in [2.45, 2.75) is 13.0 Å². The van der Waals surface area contributed by atoms with Crippen molar-refractivity contribution in [3.63, 3.8) is 0 Å². The van der Waals surface area contributed by atoms with Crippen LogP contribution in [-0.2, 0) is 6.54 Å². The monoisotopic (exact) mass is 479 g/mol. The minimum Gasteiger partial charge on any atom is -0.490 e. The molecule has 27 heavy (non-hydrogen) atoms. The molecule has 2 N–H and O–H groups in total. The zero-order chi connectivity index (χ0) is 18.0. The smallest absolute Gasteiger partial charge is 0.191 e. The van der Waals surface area contributed by atoms with Gasteiger partial charge in [-0.2, -0.15) is 0 Å². The van der Waals surface area contributed by atoms with Crippen LogP contribution in [0.5, 0.6) is 5.75 Å². The Morgan fingerprint density at radius 1 is 1.11 bits per heavy atom. The summed E-state index contributed by atoms with van der Waals surface area (Å²) in [7, 11) is 1.77. The lowest BCUT2D eigenvalue weighted by molar-refractivity contribution is 0.320. The molecule has 144 valence electrons. The fourth-order valence-corrected chi connectivity index (χ4v) is 2.78. The van der Waals surface area contributed by atoms with Gasteiger partial charge in [0.2, 0.25) is 0 Å². The minimum atomic E-state index is 0. The van der Waals surface area contributed by atoms with E-state index in [0.717, 1.165) is 31.2 Å². The van der Waals surface area contributed by atoms with Gasteiger partial charge < -0.3 is 19.9 Å². The number of guanidine groups is 1. The van der Waals surface area contributed by atoms with E-state index in [1.54, 1.807) is 19.4 Å². The van der Waals surface area contributed by atoms with Gasteiger partial charge in [-0.25, -0.2) is 0 Å². The number of nitrogens with one attached hydrogen (secondary N) is 2. The molecule has 0 atom stereocenters. The van der Waals surface area contributed by atoms with Crippen LogP contribution < -0.4 is 15.4 Å². The van der Waals surface area contributed by atoms with Gasteiger partial charge in [0.15, 0.2) is 5.96 Å². The van der Waals surface area contributed by atoms with Crippen molar-refractivity contribution < 1.29 is 4.74 Å². The van der Waals surface area contributed by atoms with Gasteiger partial charge in [-0.15, -0.1) is 24.0 Å². The zero-order valence-corrected chi connectivity index (χ0v) is 17.8. The Labute approximate surface area is 177 Å². The standard InChI is InChI=1S/C20H25N5O.HI/c1-21-20(24-12-15-26-18-7-4-10-22-16-18)23-11-5-13-25-14-9-17-6-2-3-8-19(17)25;/h2-4,6-10,14,16H,5,11-13,15H2,1H3,(H2,21,23,24);1H. The summed E-state index contributed by atoms with van der Waals surface area (Å²) in [4.78, 5) is 8.26. The molecule has 0 unspecified atom stereocenters. The number of hydrogen-bond acceptors (Lipinski definition) is 3. The highest BCUT2D eigenvalue weighted by molar-refractivity contribution is 14.0. The molecule has 3 aromatic rings. The van der Waals surface area contributed by atoms with Gasteiger partial charge in [-0.1, -0.05) is 18.2 Å². The first-order valence-electron chi connectivity index (χ1n) is 8.88. The first-order valence-corrected chi connectivity index (χ1v) is 8.88. The third kappa shape index (κ3) is 6.42. The van der Waals surface area contributed by atoms with Gasteiger partial charge in [0.25, 0.3) is 0 Å². The second-order valence-electron chi connectivity index (χ2n) is 5.88. The summed E-state index contributed by atoms with van der Waals surface area (Å²) in [5.74, 6) is 1.56. The molecule has 0 aliphatic rings.